The normalized spacial score (nSPS) is 14.1. The average molecular weight is 422 g/mol. The van der Waals surface area contributed by atoms with Crippen LogP contribution in [0, 0.1) is 5.92 Å². The van der Waals surface area contributed by atoms with Crippen LogP contribution in [0.5, 0.6) is 0 Å². The molecule has 5 heteroatoms. The van der Waals surface area contributed by atoms with Crippen LogP contribution in [0.25, 0.3) is 0 Å². The lowest BCUT2D eigenvalue weighted by Crippen LogP contribution is -2.36. The molecule has 2 aromatic carbocycles. The van der Waals surface area contributed by atoms with Crippen LogP contribution in [-0.2, 0) is 16.1 Å². The molecule has 0 unspecified atom stereocenters. The van der Waals surface area contributed by atoms with Gasteiger partial charge in [-0.25, -0.2) is 0 Å². The first-order chi connectivity index (χ1) is 14.9. The molecule has 0 aliphatic heterocycles. The fourth-order valence-corrected chi connectivity index (χ4v) is 3.98. The summed E-state index contributed by atoms with van der Waals surface area (Å²) >= 11 is 0. The predicted octanol–water partition coefficient (Wildman–Crippen LogP) is 5.03. The van der Waals surface area contributed by atoms with Crippen molar-refractivity contribution in [3.05, 3.63) is 59.7 Å². The van der Waals surface area contributed by atoms with Crippen molar-refractivity contribution in [3.63, 3.8) is 0 Å². The van der Waals surface area contributed by atoms with E-state index in [2.05, 4.69) is 17.1 Å². The van der Waals surface area contributed by atoms with Crippen molar-refractivity contribution in [2.45, 2.75) is 52.0 Å². The predicted molar refractivity (Wildman–Crippen MR) is 127 cm³/mol. The highest BCUT2D eigenvalue weighted by atomic mass is 16.2. The minimum atomic E-state index is -0.134. The van der Waals surface area contributed by atoms with Gasteiger partial charge < -0.3 is 15.1 Å². The fourth-order valence-electron chi connectivity index (χ4n) is 3.98. The Morgan fingerprint density at radius 2 is 1.77 bits per heavy atom. The number of nitrogens with one attached hydrogen (secondary N) is 1. The van der Waals surface area contributed by atoms with Gasteiger partial charge in [-0.15, -0.1) is 0 Å². The Balaban J connectivity index is 1.89. The number of anilines is 2. The quantitative estimate of drug-likeness (QED) is 0.585. The maximum Gasteiger partial charge on any atom is 0.230 e. The van der Waals surface area contributed by atoms with Crippen molar-refractivity contribution in [1.82, 2.24) is 4.90 Å². The van der Waals surface area contributed by atoms with Gasteiger partial charge in [0.1, 0.15) is 0 Å². The van der Waals surface area contributed by atoms with Gasteiger partial charge in [0, 0.05) is 45.0 Å². The monoisotopic (exact) mass is 421 g/mol. The molecule has 1 aliphatic carbocycles. The van der Waals surface area contributed by atoms with Crippen molar-refractivity contribution in [3.8, 4) is 0 Å². The Morgan fingerprint density at radius 1 is 1.06 bits per heavy atom. The van der Waals surface area contributed by atoms with Crippen LogP contribution >= 0.6 is 0 Å². The Labute approximate surface area is 186 Å². The summed E-state index contributed by atoms with van der Waals surface area (Å²) in [6.45, 7) is 5.26. The zero-order valence-electron chi connectivity index (χ0n) is 19.2. The van der Waals surface area contributed by atoms with E-state index in [1.807, 2.05) is 74.4 Å². The number of carbonyl (C=O) groups excluding carboxylic acids is 2. The molecular formula is C26H35N3O2. The van der Waals surface area contributed by atoms with Crippen molar-refractivity contribution in [1.29, 1.82) is 0 Å². The van der Waals surface area contributed by atoms with Gasteiger partial charge in [-0.3, -0.25) is 9.59 Å². The molecule has 0 spiro atoms. The molecule has 3 rings (SSSR count). The summed E-state index contributed by atoms with van der Waals surface area (Å²) in [4.78, 5) is 29.7. The smallest absolute Gasteiger partial charge is 0.230 e. The van der Waals surface area contributed by atoms with Crippen LogP contribution in [0.15, 0.2) is 48.5 Å². The molecule has 2 aromatic rings. The number of nitrogens with zero attached hydrogens (tertiary/aromatic N) is 2. The zero-order valence-corrected chi connectivity index (χ0v) is 19.2. The Hall–Kier alpha value is -2.82. The van der Waals surface area contributed by atoms with Crippen LogP contribution in [-0.4, -0.2) is 37.4 Å². The molecule has 0 aromatic heterocycles. The zero-order chi connectivity index (χ0) is 22.4. The van der Waals surface area contributed by atoms with E-state index in [9.17, 15) is 9.59 Å². The number of amides is 2. The molecule has 1 atom stereocenters. The van der Waals surface area contributed by atoms with E-state index >= 15 is 0 Å². The van der Waals surface area contributed by atoms with Crippen LogP contribution in [0.3, 0.4) is 0 Å². The summed E-state index contributed by atoms with van der Waals surface area (Å²) in [5.74, 6) is 0.645. The topological polar surface area (TPSA) is 52.7 Å². The molecule has 1 saturated carbocycles. The molecular weight excluding hydrogens is 386 g/mol. The summed E-state index contributed by atoms with van der Waals surface area (Å²) < 4.78 is 0. The third-order valence-electron chi connectivity index (χ3n) is 5.92. The van der Waals surface area contributed by atoms with E-state index in [0.29, 0.717) is 18.9 Å². The third kappa shape index (κ3) is 6.09. The number of hydrogen-bond donors (Lipinski definition) is 1. The SMILES string of the molecule is CCC(=O)Nc1ccc(N(C)C)c(CN(CC2CC2)C(=O)[C@H](CC)c2ccccc2)c1. The Morgan fingerprint density at radius 3 is 2.35 bits per heavy atom. The number of rotatable bonds is 10. The molecule has 0 radical (unpaired) electrons. The van der Waals surface area contributed by atoms with Crippen LogP contribution in [0.1, 0.15) is 56.6 Å². The first-order valence-electron chi connectivity index (χ1n) is 11.4. The molecule has 1 aliphatic rings. The lowest BCUT2D eigenvalue weighted by Gasteiger charge is -2.29. The molecule has 5 nitrogen and oxygen atoms in total. The van der Waals surface area contributed by atoms with Gasteiger partial charge in [-0.1, -0.05) is 44.2 Å². The molecule has 2 amide bonds. The number of carbonyl (C=O) groups is 2. The lowest BCUT2D eigenvalue weighted by atomic mass is 9.94. The van der Waals surface area contributed by atoms with Crippen LogP contribution in [0.4, 0.5) is 11.4 Å². The number of hydrogen-bond acceptors (Lipinski definition) is 3. The summed E-state index contributed by atoms with van der Waals surface area (Å²) in [5.41, 5.74) is 3.97. The van der Waals surface area contributed by atoms with Gasteiger partial charge in [0.05, 0.1) is 5.92 Å². The fraction of sp³-hybridized carbons (Fsp3) is 0.462. The maximum absolute atomic E-state index is 13.7. The second-order valence-corrected chi connectivity index (χ2v) is 8.67. The highest BCUT2D eigenvalue weighted by Gasteiger charge is 2.31. The highest BCUT2D eigenvalue weighted by molar-refractivity contribution is 5.91. The van der Waals surface area contributed by atoms with E-state index in [1.165, 1.54) is 12.8 Å². The van der Waals surface area contributed by atoms with Gasteiger partial charge in [0.2, 0.25) is 11.8 Å². The average Bonchev–Trinajstić information content (AvgIpc) is 3.58. The highest BCUT2D eigenvalue weighted by Crippen LogP contribution is 2.33. The van der Waals surface area contributed by atoms with Gasteiger partial charge in [0.15, 0.2) is 0 Å². The van der Waals surface area contributed by atoms with Crippen molar-refractivity contribution < 1.29 is 9.59 Å². The number of benzene rings is 2. The molecule has 1 N–H and O–H groups in total. The first-order valence-corrected chi connectivity index (χ1v) is 11.4. The summed E-state index contributed by atoms with van der Waals surface area (Å²) in [6, 6.07) is 16.1. The van der Waals surface area contributed by atoms with E-state index in [0.717, 1.165) is 35.5 Å². The van der Waals surface area contributed by atoms with Crippen molar-refractivity contribution in [2.75, 3.05) is 30.9 Å². The largest absolute Gasteiger partial charge is 0.377 e. The molecule has 0 heterocycles. The first kappa shape index (κ1) is 22.9. The standard InChI is InChI=1S/C26H35N3O2/c1-5-23(20-10-8-7-9-11-20)26(31)29(17-19-12-13-19)18-21-16-22(27-25(30)6-2)14-15-24(21)28(3)4/h7-11,14-16,19,23H,5-6,12-13,17-18H2,1-4H3,(H,27,30)/t23-/m1/s1. The molecule has 1 fully saturated rings. The molecule has 0 bridgehead atoms. The van der Waals surface area contributed by atoms with E-state index < -0.39 is 0 Å². The van der Waals surface area contributed by atoms with Crippen LogP contribution in [0.2, 0.25) is 0 Å². The van der Waals surface area contributed by atoms with Gasteiger partial charge in [-0.2, -0.15) is 0 Å². The minimum absolute atomic E-state index is 0.00964. The van der Waals surface area contributed by atoms with E-state index in [1.54, 1.807) is 0 Å². The lowest BCUT2D eigenvalue weighted by molar-refractivity contribution is -0.133. The molecule has 0 saturated heterocycles. The summed E-state index contributed by atoms with van der Waals surface area (Å²) in [5, 5.41) is 2.95. The van der Waals surface area contributed by atoms with Crippen molar-refractivity contribution in [2.24, 2.45) is 5.92 Å². The van der Waals surface area contributed by atoms with E-state index in [-0.39, 0.29) is 17.7 Å². The van der Waals surface area contributed by atoms with Gasteiger partial charge >= 0.3 is 0 Å². The van der Waals surface area contributed by atoms with Gasteiger partial charge in [0.25, 0.3) is 0 Å². The Bertz CT molecular complexity index is 891. The van der Waals surface area contributed by atoms with E-state index in [4.69, 9.17) is 0 Å². The summed E-state index contributed by atoms with van der Waals surface area (Å²) in [6.07, 6.45) is 3.60. The maximum atomic E-state index is 13.7. The minimum Gasteiger partial charge on any atom is -0.377 e. The molecule has 166 valence electrons. The second-order valence-electron chi connectivity index (χ2n) is 8.67. The molecule has 31 heavy (non-hydrogen) atoms. The van der Waals surface area contributed by atoms with Crippen molar-refractivity contribution >= 4 is 23.2 Å². The third-order valence-corrected chi connectivity index (χ3v) is 5.92. The van der Waals surface area contributed by atoms with Crippen LogP contribution < -0.4 is 10.2 Å². The Kier molecular flexibility index (Phi) is 7.72. The second kappa shape index (κ2) is 10.5. The van der Waals surface area contributed by atoms with Gasteiger partial charge in [-0.05, 0) is 54.5 Å². The summed E-state index contributed by atoms with van der Waals surface area (Å²) in [7, 11) is 4.02.